The molecule has 0 saturated carbocycles. The van der Waals surface area contributed by atoms with E-state index in [9.17, 15) is 19.0 Å². The summed E-state index contributed by atoms with van der Waals surface area (Å²) < 4.78 is 30.7. The summed E-state index contributed by atoms with van der Waals surface area (Å²) in [6.07, 6.45) is 84.5. The Balaban J connectivity index is 5.28. The van der Waals surface area contributed by atoms with Crippen molar-refractivity contribution >= 4 is 19.7 Å². The fraction of sp³-hybridized carbons (Fsp3) is 0.662. The van der Waals surface area contributed by atoms with Crippen molar-refractivity contribution in [2.24, 2.45) is 0 Å². The lowest BCUT2D eigenvalue weighted by Gasteiger charge is -2.27. The fourth-order valence-electron chi connectivity index (χ4n) is 8.72. The minimum absolute atomic E-state index is 0.0238. The smallest absolute Gasteiger partial charge is 0.456 e. The number of ether oxygens (including phenoxy) is 1. The van der Waals surface area contributed by atoms with Crippen LogP contribution in [-0.2, 0) is 27.9 Å². The van der Waals surface area contributed by atoms with Gasteiger partial charge in [-0.15, -0.1) is 0 Å². The number of phosphoric ester groups is 1. The molecular formula is C71H122N2O7P+. The number of phosphoric acid groups is 1. The van der Waals surface area contributed by atoms with Crippen molar-refractivity contribution in [3.8, 4) is 0 Å². The SMILES string of the molecule is CC\C=C/C=C/C=C/C=C\C=C\C=C\CCCCCC(=O)OC(/C=C\CCCCCCCCCCCCC)C(COP(=O)(O)OCC[N+](C)(C)C)NC(=O)CCCCCCCCCCC/C=C\C/C=C\C/C=C\C/C=C\CCCCC. The van der Waals surface area contributed by atoms with Gasteiger partial charge in [-0.25, -0.2) is 4.57 Å². The number of nitrogens with zero attached hydrogens (tertiary/aromatic N) is 1. The molecule has 81 heavy (non-hydrogen) atoms. The van der Waals surface area contributed by atoms with E-state index in [0.717, 1.165) is 96.3 Å². The van der Waals surface area contributed by atoms with Gasteiger partial charge in [-0.2, -0.15) is 0 Å². The van der Waals surface area contributed by atoms with E-state index < -0.39 is 20.0 Å². The van der Waals surface area contributed by atoms with Gasteiger partial charge in [0.2, 0.25) is 5.91 Å². The zero-order valence-electron chi connectivity index (χ0n) is 52.7. The van der Waals surface area contributed by atoms with E-state index in [1.807, 2.05) is 94.1 Å². The number of nitrogens with one attached hydrogen (secondary N) is 1. The van der Waals surface area contributed by atoms with E-state index in [2.05, 4.69) is 86.8 Å². The van der Waals surface area contributed by atoms with Gasteiger partial charge in [-0.3, -0.25) is 18.6 Å². The Hall–Kier alpha value is -3.85. The second-order valence-electron chi connectivity index (χ2n) is 22.7. The lowest BCUT2D eigenvalue weighted by Crippen LogP contribution is -2.47. The highest BCUT2D eigenvalue weighted by Gasteiger charge is 2.30. The lowest BCUT2D eigenvalue weighted by atomic mass is 10.0. The highest BCUT2D eigenvalue weighted by Crippen LogP contribution is 2.43. The number of amides is 1. The average molecular weight is 1150 g/mol. The number of carbonyl (C=O) groups is 2. The summed E-state index contributed by atoms with van der Waals surface area (Å²) in [7, 11) is 1.45. The molecule has 9 nitrogen and oxygen atoms in total. The molecule has 0 aliphatic carbocycles. The van der Waals surface area contributed by atoms with Crippen LogP contribution in [0.2, 0.25) is 0 Å². The van der Waals surface area contributed by atoms with Gasteiger partial charge >= 0.3 is 13.8 Å². The third-order valence-electron chi connectivity index (χ3n) is 13.7. The van der Waals surface area contributed by atoms with Gasteiger partial charge in [0, 0.05) is 12.8 Å². The number of hydrogen-bond donors (Lipinski definition) is 2. The first-order valence-electron chi connectivity index (χ1n) is 32.6. The number of likely N-dealkylation sites (N-methyl/N-ethyl adjacent to an activating group) is 1. The predicted molar refractivity (Wildman–Crippen MR) is 350 cm³/mol. The molecule has 3 atom stereocenters. The molecule has 0 heterocycles. The fourth-order valence-corrected chi connectivity index (χ4v) is 9.46. The molecule has 0 aromatic heterocycles. The highest BCUT2D eigenvalue weighted by atomic mass is 31.2. The van der Waals surface area contributed by atoms with E-state index in [0.29, 0.717) is 23.9 Å². The lowest BCUT2D eigenvalue weighted by molar-refractivity contribution is -0.870. The van der Waals surface area contributed by atoms with Crippen LogP contribution in [-0.4, -0.2) is 74.3 Å². The normalized spacial score (nSPS) is 14.5. The van der Waals surface area contributed by atoms with E-state index >= 15 is 0 Å². The van der Waals surface area contributed by atoms with Crippen LogP contribution in [0.25, 0.3) is 0 Å². The van der Waals surface area contributed by atoms with Crippen molar-refractivity contribution in [3.63, 3.8) is 0 Å². The molecule has 0 aromatic carbocycles. The summed E-state index contributed by atoms with van der Waals surface area (Å²) in [4.78, 5) is 37.8. The Morgan fingerprint density at radius 3 is 1.33 bits per heavy atom. The van der Waals surface area contributed by atoms with E-state index in [1.54, 1.807) is 0 Å². The summed E-state index contributed by atoms with van der Waals surface area (Å²) in [5.74, 6) is -0.570. The Kier molecular flexibility index (Phi) is 56.5. The molecule has 2 N–H and O–H groups in total. The van der Waals surface area contributed by atoms with E-state index in [-0.39, 0.29) is 31.5 Å². The highest BCUT2D eigenvalue weighted by molar-refractivity contribution is 7.47. The molecule has 0 aliphatic heterocycles. The van der Waals surface area contributed by atoms with Gasteiger partial charge < -0.3 is 19.4 Å². The van der Waals surface area contributed by atoms with E-state index in [4.69, 9.17) is 13.8 Å². The quantitative estimate of drug-likeness (QED) is 0.0156. The number of allylic oxidation sites excluding steroid dienone is 21. The molecule has 0 fully saturated rings. The van der Waals surface area contributed by atoms with Gasteiger partial charge in [0.05, 0.1) is 33.8 Å². The van der Waals surface area contributed by atoms with Crippen molar-refractivity contribution < 1.29 is 37.3 Å². The van der Waals surface area contributed by atoms with Crippen LogP contribution >= 0.6 is 7.82 Å². The summed E-state index contributed by atoms with van der Waals surface area (Å²) in [6, 6.07) is -0.881. The Bertz CT molecular complexity index is 1850. The molecule has 1 amide bonds. The molecule has 0 saturated heterocycles. The molecule has 3 unspecified atom stereocenters. The zero-order valence-corrected chi connectivity index (χ0v) is 53.6. The second-order valence-corrected chi connectivity index (χ2v) is 24.2. The van der Waals surface area contributed by atoms with Crippen molar-refractivity contribution in [2.45, 2.75) is 264 Å². The number of esters is 1. The van der Waals surface area contributed by atoms with Crippen molar-refractivity contribution in [2.75, 3.05) is 40.9 Å². The summed E-state index contributed by atoms with van der Waals surface area (Å²) in [5, 5.41) is 3.04. The molecule has 0 aliphatic rings. The molecule has 10 heteroatoms. The van der Waals surface area contributed by atoms with Crippen LogP contribution < -0.4 is 5.32 Å². The molecule has 0 spiro atoms. The number of quaternary nitrogens is 1. The van der Waals surface area contributed by atoms with Crippen molar-refractivity contribution in [1.29, 1.82) is 0 Å². The molecule has 0 aromatic rings. The van der Waals surface area contributed by atoms with Gasteiger partial charge in [0.1, 0.15) is 19.3 Å². The summed E-state index contributed by atoms with van der Waals surface area (Å²) >= 11 is 0. The van der Waals surface area contributed by atoms with Gasteiger partial charge in [0.25, 0.3) is 0 Å². The van der Waals surface area contributed by atoms with Crippen molar-refractivity contribution in [3.05, 3.63) is 134 Å². The predicted octanol–water partition coefficient (Wildman–Crippen LogP) is 20.4. The summed E-state index contributed by atoms with van der Waals surface area (Å²) in [6.45, 7) is 6.79. The van der Waals surface area contributed by atoms with Crippen LogP contribution in [0.4, 0.5) is 0 Å². The van der Waals surface area contributed by atoms with Crippen LogP contribution in [0.5, 0.6) is 0 Å². The number of rotatable bonds is 57. The molecule has 0 rings (SSSR count). The molecular weight excluding hydrogens is 1020 g/mol. The first kappa shape index (κ1) is 77.2. The van der Waals surface area contributed by atoms with Crippen LogP contribution in [0.3, 0.4) is 0 Å². The zero-order chi connectivity index (χ0) is 59.3. The topological polar surface area (TPSA) is 111 Å². The molecule has 462 valence electrons. The monoisotopic (exact) mass is 1150 g/mol. The number of carbonyl (C=O) groups excluding carboxylic acids is 2. The van der Waals surface area contributed by atoms with E-state index in [1.165, 1.54) is 116 Å². The van der Waals surface area contributed by atoms with Crippen LogP contribution in [0, 0.1) is 0 Å². The minimum atomic E-state index is -4.47. The third-order valence-corrected chi connectivity index (χ3v) is 14.7. The number of unbranched alkanes of at least 4 members (excludes halogenated alkanes) is 26. The van der Waals surface area contributed by atoms with Crippen LogP contribution in [0.1, 0.15) is 252 Å². The van der Waals surface area contributed by atoms with Crippen molar-refractivity contribution in [1.82, 2.24) is 5.32 Å². The van der Waals surface area contributed by atoms with Gasteiger partial charge in [-0.05, 0) is 96.0 Å². The maximum absolute atomic E-state index is 13.6. The third kappa shape index (κ3) is 60.6. The first-order chi connectivity index (χ1) is 39.4. The first-order valence-corrected chi connectivity index (χ1v) is 34.1. The molecule has 0 radical (unpaired) electrons. The largest absolute Gasteiger partial charge is 0.472 e. The Morgan fingerprint density at radius 2 is 0.840 bits per heavy atom. The van der Waals surface area contributed by atoms with Crippen LogP contribution in [0.15, 0.2) is 134 Å². The maximum atomic E-state index is 13.6. The van der Waals surface area contributed by atoms with Gasteiger partial charge in [-0.1, -0.05) is 277 Å². The van der Waals surface area contributed by atoms with Gasteiger partial charge in [0.15, 0.2) is 0 Å². The minimum Gasteiger partial charge on any atom is -0.456 e. The summed E-state index contributed by atoms with van der Waals surface area (Å²) in [5.41, 5.74) is 0. The maximum Gasteiger partial charge on any atom is 0.472 e. The molecule has 0 bridgehead atoms. The number of hydrogen-bond acceptors (Lipinski definition) is 6. The Labute approximate surface area is 498 Å². The average Bonchev–Trinajstić information content (AvgIpc) is 3.44. The standard InChI is InChI=1S/C71H121N2O7P/c1-7-10-13-16-19-22-25-28-30-32-33-34-35-36-37-38-39-41-42-45-48-51-54-57-60-63-70(74)72-68(67-79-81(76,77)78-66-65-73(4,5)6)69(62-59-56-53-50-47-44-27-24-21-18-15-12-9-3)80-71(75)64-61-58-55-52-49-46-43-40-31-29-26-23-20-17-14-11-8-2/h11,14,17,19-20,22-23,26,28-31,33-34,36-37,40,43,46,49,59,62,68-69H,7-10,12-13,15-16,18,21,24-25,27,32,35,38-39,41-42,44-45,47-48,50-58,60-61,63-67H2,1-6H3,(H-,72,74,76,77)/p+1/b14-11-,20-17+,22-19-,26-23+,30-28-,31-29-,34-33-,37-36-,43-40+,49-46+,62-59-. The Morgan fingerprint density at radius 1 is 0.457 bits per heavy atom. The second kappa shape index (κ2) is 59.3.